The van der Waals surface area contributed by atoms with E-state index in [9.17, 15) is 4.79 Å². The minimum atomic E-state index is -0.00437. The van der Waals surface area contributed by atoms with Crippen LogP contribution in [-0.4, -0.2) is 27.5 Å². The maximum Gasteiger partial charge on any atom is 0.274 e. The Bertz CT molecular complexity index is 865. The van der Waals surface area contributed by atoms with Gasteiger partial charge in [-0.3, -0.25) is 9.89 Å². The van der Waals surface area contributed by atoms with Gasteiger partial charge in [-0.15, -0.1) is 11.3 Å². The van der Waals surface area contributed by atoms with E-state index in [1.165, 1.54) is 16.0 Å². The van der Waals surface area contributed by atoms with Crippen LogP contribution in [0.4, 0.5) is 0 Å². The zero-order chi connectivity index (χ0) is 15.8. The Labute approximate surface area is 138 Å². The predicted molar refractivity (Wildman–Crippen MR) is 91.5 cm³/mol. The van der Waals surface area contributed by atoms with E-state index < -0.39 is 0 Å². The molecule has 4 nitrogen and oxygen atoms in total. The number of carbonyl (C=O) groups is 1. The second kappa shape index (κ2) is 5.66. The molecule has 0 unspecified atom stereocenters. The number of fused-ring (bicyclic) bond motifs is 1. The van der Waals surface area contributed by atoms with Gasteiger partial charge in [0.2, 0.25) is 0 Å². The molecular formula is C18H17N3OS. The molecule has 1 aromatic carbocycles. The summed E-state index contributed by atoms with van der Waals surface area (Å²) in [6.45, 7) is 3.48. The first-order valence-corrected chi connectivity index (χ1v) is 8.50. The van der Waals surface area contributed by atoms with Gasteiger partial charge in [0, 0.05) is 18.0 Å². The number of hydrogen-bond donors (Lipinski definition) is 1. The zero-order valence-electron chi connectivity index (χ0n) is 12.9. The number of aromatic amines is 1. The van der Waals surface area contributed by atoms with Crippen molar-refractivity contribution in [1.82, 2.24) is 15.1 Å². The normalized spacial score (nSPS) is 13.9. The van der Waals surface area contributed by atoms with Crippen LogP contribution in [0.2, 0.25) is 0 Å². The quantitative estimate of drug-likeness (QED) is 0.782. The molecular weight excluding hydrogens is 306 g/mol. The van der Waals surface area contributed by atoms with Crippen LogP contribution in [0.25, 0.3) is 10.6 Å². The maximum atomic E-state index is 12.7. The minimum absolute atomic E-state index is 0.00437. The third kappa shape index (κ3) is 2.68. The molecule has 116 valence electrons. The lowest BCUT2D eigenvalue weighted by atomic mass is 10.00. The fourth-order valence-corrected chi connectivity index (χ4v) is 3.80. The predicted octanol–water partition coefficient (Wildman–Crippen LogP) is 3.65. The zero-order valence-corrected chi connectivity index (χ0v) is 13.7. The molecule has 0 bridgehead atoms. The monoisotopic (exact) mass is 323 g/mol. The van der Waals surface area contributed by atoms with Gasteiger partial charge < -0.3 is 4.90 Å². The second-order valence-corrected chi connectivity index (χ2v) is 7.11. The highest BCUT2D eigenvalue weighted by Gasteiger charge is 2.23. The van der Waals surface area contributed by atoms with Gasteiger partial charge in [0.25, 0.3) is 5.91 Å². The number of aromatic nitrogens is 2. The molecule has 0 saturated carbocycles. The van der Waals surface area contributed by atoms with Crippen molar-refractivity contribution in [2.45, 2.75) is 19.9 Å². The van der Waals surface area contributed by atoms with Gasteiger partial charge >= 0.3 is 0 Å². The SMILES string of the molecule is Cc1ccc(-c2cc(C(=O)N3CCc4ccccc4C3)n[nH]2)s1. The van der Waals surface area contributed by atoms with Crippen LogP contribution in [0.15, 0.2) is 42.5 Å². The number of nitrogens with one attached hydrogen (secondary N) is 1. The number of benzene rings is 1. The number of rotatable bonds is 2. The van der Waals surface area contributed by atoms with Gasteiger partial charge in [-0.05, 0) is 42.7 Å². The first kappa shape index (κ1) is 14.2. The lowest BCUT2D eigenvalue weighted by Crippen LogP contribution is -2.36. The standard InChI is InChI=1S/C18H17N3OS/c1-12-6-7-17(23-12)15-10-16(20-19-15)18(22)21-9-8-13-4-2-3-5-14(13)11-21/h2-7,10H,8-9,11H2,1H3,(H,19,20). The average molecular weight is 323 g/mol. The largest absolute Gasteiger partial charge is 0.333 e. The van der Waals surface area contributed by atoms with E-state index in [1.54, 1.807) is 11.3 Å². The van der Waals surface area contributed by atoms with Crippen molar-refractivity contribution in [3.63, 3.8) is 0 Å². The molecule has 0 spiro atoms. The Hall–Kier alpha value is -2.40. The summed E-state index contributed by atoms with van der Waals surface area (Å²) in [6.07, 6.45) is 0.906. The highest BCUT2D eigenvalue weighted by molar-refractivity contribution is 7.15. The van der Waals surface area contributed by atoms with E-state index in [2.05, 4.69) is 47.5 Å². The van der Waals surface area contributed by atoms with Gasteiger partial charge in [0.15, 0.2) is 5.69 Å². The lowest BCUT2D eigenvalue weighted by molar-refractivity contribution is 0.0728. The number of hydrogen-bond acceptors (Lipinski definition) is 3. The molecule has 1 amide bonds. The van der Waals surface area contributed by atoms with E-state index in [0.717, 1.165) is 23.5 Å². The molecule has 23 heavy (non-hydrogen) atoms. The van der Waals surface area contributed by atoms with Crippen molar-refractivity contribution in [2.75, 3.05) is 6.54 Å². The Kier molecular flexibility index (Phi) is 3.50. The van der Waals surface area contributed by atoms with Crippen molar-refractivity contribution in [3.05, 3.63) is 64.2 Å². The molecule has 4 rings (SSSR count). The van der Waals surface area contributed by atoms with Crippen LogP contribution in [0.5, 0.6) is 0 Å². The smallest absolute Gasteiger partial charge is 0.274 e. The van der Waals surface area contributed by atoms with Gasteiger partial charge in [-0.25, -0.2) is 0 Å². The molecule has 3 heterocycles. The fourth-order valence-electron chi connectivity index (χ4n) is 2.97. The Morgan fingerprint density at radius 2 is 2.04 bits per heavy atom. The molecule has 0 aliphatic carbocycles. The molecule has 0 fully saturated rings. The molecule has 2 aromatic heterocycles. The molecule has 0 radical (unpaired) electrons. The van der Waals surface area contributed by atoms with Crippen molar-refractivity contribution >= 4 is 17.2 Å². The number of nitrogens with zero attached hydrogens (tertiary/aromatic N) is 2. The molecule has 5 heteroatoms. The summed E-state index contributed by atoms with van der Waals surface area (Å²) in [5.74, 6) is -0.00437. The van der Waals surface area contributed by atoms with E-state index >= 15 is 0 Å². The highest BCUT2D eigenvalue weighted by atomic mass is 32.1. The van der Waals surface area contributed by atoms with Gasteiger partial charge in [0.1, 0.15) is 0 Å². The summed E-state index contributed by atoms with van der Waals surface area (Å²) in [5.41, 5.74) is 3.97. The number of H-pyrrole nitrogens is 1. The van der Waals surface area contributed by atoms with E-state index in [4.69, 9.17) is 0 Å². The Morgan fingerprint density at radius 1 is 1.22 bits per heavy atom. The lowest BCUT2D eigenvalue weighted by Gasteiger charge is -2.28. The van der Waals surface area contributed by atoms with E-state index in [0.29, 0.717) is 12.2 Å². The van der Waals surface area contributed by atoms with Crippen molar-refractivity contribution in [2.24, 2.45) is 0 Å². The number of amides is 1. The van der Waals surface area contributed by atoms with Crippen LogP contribution in [0.3, 0.4) is 0 Å². The molecule has 0 atom stereocenters. The van der Waals surface area contributed by atoms with Gasteiger partial charge in [-0.1, -0.05) is 24.3 Å². The first-order chi connectivity index (χ1) is 11.2. The summed E-state index contributed by atoms with van der Waals surface area (Å²) < 4.78 is 0. The van der Waals surface area contributed by atoms with Crippen LogP contribution in [0, 0.1) is 6.92 Å². The second-order valence-electron chi connectivity index (χ2n) is 5.82. The summed E-state index contributed by atoms with van der Waals surface area (Å²) >= 11 is 1.70. The van der Waals surface area contributed by atoms with Gasteiger partial charge in [-0.2, -0.15) is 5.10 Å². The fraction of sp³-hybridized carbons (Fsp3) is 0.222. The Morgan fingerprint density at radius 3 is 2.83 bits per heavy atom. The van der Waals surface area contributed by atoms with Gasteiger partial charge in [0.05, 0.1) is 10.6 Å². The number of carbonyl (C=O) groups excluding carboxylic acids is 1. The van der Waals surface area contributed by atoms with Crippen LogP contribution in [-0.2, 0) is 13.0 Å². The molecule has 3 aromatic rings. The van der Waals surface area contributed by atoms with Crippen LogP contribution >= 0.6 is 11.3 Å². The topological polar surface area (TPSA) is 49.0 Å². The average Bonchev–Trinajstić information content (AvgIpc) is 3.22. The van der Waals surface area contributed by atoms with Crippen molar-refractivity contribution in [1.29, 1.82) is 0 Å². The maximum absolute atomic E-state index is 12.7. The van der Waals surface area contributed by atoms with Crippen molar-refractivity contribution in [3.8, 4) is 10.6 Å². The van der Waals surface area contributed by atoms with E-state index in [1.807, 2.05) is 17.0 Å². The third-order valence-electron chi connectivity index (χ3n) is 4.22. The summed E-state index contributed by atoms with van der Waals surface area (Å²) in [6, 6.07) is 14.3. The molecule has 1 aliphatic heterocycles. The molecule has 1 N–H and O–H groups in total. The summed E-state index contributed by atoms with van der Waals surface area (Å²) in [4.78, 5) is 16.9. The molecule has 0 saturated heterocycles. The summed E-state index contributed by atoms with van der Waals surface area (Å²) in [7, 11) is 0. The minimum Gasteiger partial charge on any atom is -0.333 e. The van der Waals surface area contributed by atoms with Crippen LogP contribution in [0.1, 0.15) is 26.5 Å². The van der Waals surface area contributed by atoms with Crippen LogP contribution < -0.4 is 0 Å². The number of aryl methyl sites for hydroxylation is 1. The summed E-state index contributed by atoms with van der Waals surface area (Å²) in [5, 5.41) is 7.21. The van der Waals surface area contributed by atoms with E-state index in [-0.39, 0.29) is 5.91 Å². The molecule has 1 aliphatic rings. The third-order valence-corrected chi connectivity index (χ3v) is 5.25. The van der Waals surface area contributed by atoms with Crippen molar-refractivity contribution < 1.29 is 4.79 Å². The Balaban J connectivity index is 1.55. The first-order valence-electron chi connectivity index (χ1n) is 7.69. The highest BCUT2D eigenvalue weighted by Crippen LogP contribution is 2.27. The number of thiophene rings is 1.